The highest BCUT2D eigenvalue weighted by atomic mass is 35.5. The Balaban J connectivity index is 1.95. The van der Waals surface area contributed by atoms with Crippen LogP contribution in [0, 0.1) is 0 Å². The minimum Gasteiger partial charge on any atom is -0.466 e. The smallest absolute Gasteiger partial charge is 0.307 e. The fraction of sp³-hybridized carbons (Fsp3) is 0.471. The number of carbonyl (C=O) groups is 3. The van der Waals surface area contributed by atoms with E-state index in [-0.39, 0.29) is 24.8 Å². The van der Waals surface area contributed by atoms with E-state index >= 15 is 0 Å². The summed E-state index contributed by atoms with van der Waals surface area (Å²) in [4.78, 5) is 37.9. The molecule has 0 bridgehead atoms. The lowest BCUT2D eigenvalue weighted by atomic mass is 10.1. The number of nitrogens with zero attached hydrogens (tertiary/aromatic N) is 1. The Morgan fingerprint density at radius 1 is 1.44 bits per heavy atom. The van der Waals surface area contributed by atoms with Crippen LogP contribution in [-0.4, -0.2) is 55.0 Å². The summed E-state index contributed by atoms with van der Waals surface area (Å²) in [6, 6.07) is 6.11. The van der Waals surface area contributed by atoms with Gasteiger partial charge in [-0.1, -0.05) is 24.6 Å². The van der Waals surface area contributed by atoms with E-state index in [9.17, 15) is 14.4 Å². The van der Waals surface area contributed by atoms with Gasteiger partial charge in [-0.2, -0.15) is 0 Å². The molecule has 1 aliphatic heterocycles. The summed E-state index contributed by atoms with van der Waals surface area (Å²) in [6.45, 7) is 3.14. The van der Waals surface area contributed by atoms with Crippen LogP contribution in [-0.2, 0) is 19.1 Å². The van der Waals surface area contributed by atoms with E-state index in [2.05, 4.69) is 10.6 Å². The molecule has 1 atom stereocenters. The average molecular weight is 368 g/mol. The molecule has 1 aromatic rings. The van der Waals surface area contributed by atoms with E-state index in [0.29, 0.717) is 36.8 Å². The molecule has 0 aliphatic carbocycles. The molecule has 1 saturated heterocycles. The molecule has 0 aromatic heterocycles. The van der Waals surface area contributed by atoms with Gasteiger partial charge in [-0.05, 0) is 24.6 Å². The first-order valence-corrected chi connectivity index (χ1v) is 8.60. The van der Waals surface area contributed by atoms with E-state index in [1.165, 1.54) is 0 Å². The molecule has 1 fully saturated rings. The lowest BCUT2D eigenvalue weighted by Crippen LogP contribution is -2.57. The molecule has 25 heavy (non-hydrogen) atoms. The summed E-state index contributed by atoms with van der Waals surface area (Å²) in [6.07, 6.45) is 0.643. The molecular weight excluding hydrogens is 346 g/mol. The van der Waals surface area contributed by atoms with Crippen LogP contribution in [0.1, 0.15) is 19.8 Å². The number of halogens is 1. The summed E-state index contributed by atoms with van der Waals surface area (Å²) in [5, 5.41) is 5.98. The first-order valence-electron chi connectivity index (χ1n) is 8.22. The highest BCUT2D eigenvalue weighted by Gasteiger charge is 2.33. The summed E-state index contributed by atoms with van der Waals surface area (Å²) < 4.78 is 5.04. The first kappa shape index (κ1) is 19.2. The predicted molar refractivity (Wildman–Crippen MR) is 94.3 cm³/mol. The number of hydrogen-bond acceptors (Lipinski definition) is 5. The van der Waals surface area contributed by atoms with Gasteiger partial charge in [0.25, 0.3) is 0 Å². The molecule has 1 aliphatic rings. The quantitative estimate of drug-likeness (QED) is 0.712. The molecule has 136 valence electrons. The molecule has 0 saturated carbocycles. The zero-order chi connectivity index (χ0) is 18.2. The van der Waals surface area contributed by atoms with Crippen molar-refractivity contribution >= 4 is 35.1 Å². The van der Waals surface area contributed by atoms with Crippen LogP contribution in [0.25, 0.3) is 0 Å². The van der Waals surface area contributed by atoms with Crippen LogP contribution in [0.5, 0.6) is 0 Å². The summed E-state index contributed by atoms with van der Waals surface area (Å²) >= 11 is 5.90. The summed E-state index contributed by atoms with van der Waals surface area (Å²) in [5.74, 6) is -0.983. The molecule has 2 amide bonds. The van der Waals surface area contributed by atoms with Crippen LogP contribution in [0.4, 0.5) is 5.69 Å². The molecule has 1 aromatic carbocycles. The number of rotatable bonds is 7. The van der Waals surface area contributed by atoms with Gasteiger partial charge < -0.3 is 15.4 Å². The van der Waals surface area contributed by atoms with E-state index in [1.54, 1.807) is 29.2 Å². The number of ether oxygens (including phenoxy) is 1. The Kier molecular flexibility index (Phi) is 7.21. The number of anilines is 1. The van der Waals surface area contributed by atoms with Gasteiger partial charge in [0.1, 0.15) is 6.04 Å². The lowest BCUT2D eigenvalue weighted by molar-refractivity contribution is -0.148. The monoisotopic (exact) mass is 367 g/mol. The molecule has 0 spiro atoms. The largest absolute Gasteiger partial charge is 0.466 e. The third-order valence-electron chi connectivity index (χ3n) is 3.72. The molecule has 1 heterocycles. The molecule has 0 radical (unpaired) electrons. The van der Waals surface area contributed by atoms with Crippen molar-refractivity contribution in [3.05, 3.63) is 29.3 Å². The maximum Gasteiger partial charge on any atom is 0.307 e. The lowest BCUT2D eigenvalue weighted by Gasteiger charge is -2.33. The molecular formula is C17H22ClN3O4. The normalized spacial score (nSPS) is 17.7. The Labute approximate surface area is 151 Å². The van der Waals surface area contributed by atoms with Gasteiger partial charge in [0.15, 0.2) is 0 Å². The molecule has 8 heteroatoms. The van der Waals surface area contributed by atoms with Crippen LogP contribution in [0.15, 0.2) is 24.3 Å². The van der Waals surface area contributed by atoms with Crippen molar-refractivity contribution in [1.82, 2.24) is 10.2 Å². The van der Waals surface area contributed by atoms with Crippen LogP contribution in [0.3, 0.4) is 0 Å². The topological polar surface area (TPSA) is 87.7 Å². The number of piperazine rings is 1. The zero-order valence-electron chi connectivity index (χ0n) is 14.1. The number of benzene rings is 1. The third-order valence-corrected chi connectivity index (χ3v) is 3.96. The molecule has 7 nitrogen and oxygen atoms in total. The van der Waals surface area contributed by atoms with Crippen LogP contribution < -0.4 is 10.6 Å². The number of carbonyl (C=O) groups excluding carboxylic acids is 3. The van der Waals surface area contributed by atoms with Gasteiger partial charge in [-0.3, -0.25) is 19.3 Å². The SMILES string of the molecule is CCCOC(=O)CC1C(=O)NCCN1CC(=O)Nc1cccc(Cl)c1. The average Bonchev–Trinajstić information content (AvgIpc) is 2.56. The molecule has 2 N–H and O–H groups in total. The van der Waals surface area contributed by atoms with Crippen LogP contribution >= 0.6 is 11.6 Å². The second kappa shape index (κ2) is 9.39. The van der Waals surface area contributed by atoms with Crippen molar-refractivity contribution in [2.75, 3.05) is 31.6 Å². The Morgan fingerprint density at radius 3 is 2.96 bits per heavy atom. The second-order valence-corrected chi connectivity index (χ2v) is 6.20. The first-order chi connectivity index (χ1) is 12.0. The maximum absolute atomic E-state index is 12.3. The fourth-order valence-electron chi connectivity index (χ4n) is 2.56. The summed E-state index contributed by atoms with van der Waals surface area (Å²) in [7, 11) is 0. The Bertz CT molecular complexity index is 638. The predicted octanol–water partition coefficient (Wildman–Crippen LogP) is 1.42. The van der Waals surface area contributed by atoms with Gasteiger partial charge >= 0.3 is 5.97 Å². The molecule has 1 unspecified atom stereocenters. The van der Waals surface area contributed by atoms with Crippen molar-refractivity contribution < 1.29 is 19.1 Å². The highest BCUT2D eigenvalue weighted by Crippen LogP contribution is 2.15. The number of nitrogens with one attached hydrogen (secondary N) is 2. The highest BCUT2D eigenvalue weighted by molar-refractivity contribution is 6.30. The van der Waals surface area contributed by atoms with Crippen molar-refractivity contribution in [3.8, 4) is 0 Å². The Hall–Kier alpha value is -2.12. The van der Waals surface area contributed by atoms with Crippen molar-refractivity contribution in [1.29, 1.82) is 0 Å². The van der Waals surface area contributed by atoms with Crippen molar-refractivity contribution in [2.24, 2.45) is 0 Å². The fourth-order valence-corrected chi connectivity index (χ4v) is 2.75. The number of esters is 1. The minimum absolute atomic E-state index is 0.00561. The second-order valence-electron chi connectivity index (χ2n) is 5.76. The zero-order valence-corrected chi connectivity index (χ0v) is 14.8. The number of hydrogen-bond donors (Lipinski definition) is 2. The maximum atomic E-state index is 12.3. The van der Waals surface area contributed by atoms with Gasteiger partial charge in [-0.25, -0.2) is 0 Å². The Morgan fingerprint density at radius 2 is 2.24 bits per heavy atom. The van der Waals surface area contributed by atoms with Gasteiger partial charge in [0, 0.05) is 23.8 Å². The summed E-state index contributed by atoms with van der Waals surface area (Å²) in [5.41, 5.74) is 0.581. The minimum atomic E-state index is -0.705. The van der Waals surface area contributed by atoms with E-state index in [4.69, 9.17) is 16.3 Å². The van der Waals surface area contributed by atoms with E-state index in [1.807, 2.05) is 6.92 Å². The number of amides is 2. The van der Waals surface area contributed by atoms with Crippen molar-refractivity contribution in [3.63, 3.8) is 0 Å². The van der Waals surface area contributed by atoms with Gasteiger partial charge in [0.05, 0.1) is 19.6 Å². The van der Waals surface area contributed by atoms with E-state index in [0.717, 1.165) is 0 Å². The van der Waals surface area contributed by atoms with E-state index < -0.39 is 12.0 Å². The molecule has 2 rings (SSSR count). The third kappa shape index (κ3) is 6.03. The van der Waals surface area contributed by atoms with Gasteiger partial charge in [-0.15, -0.1) is 0 Å². The van der Waals surface area contributed by atoms with Crippen LogP contribution in [0.2, 0.25) is 5.02 Å². The van der Waals surface area contributed by atoms with Gasteiger partial charge in [0.2, 0.25) is 11.8 Å². The standard InChI is InChI=1S/C17H22ClN3O4/c1-2-8-25-16(23)10-14-17(24)19-6-7-21(14)11-15(22)20-13-5-3-4-12(18)9-13/h3-5,9,14H,2,6-8,10-11H2,1H3,(H,19,24)(H,20,22). The van der Waals surface area contributed by atoms with Crippen molar-refractivity contribution in [2.45, 2.75) is 25.8 Å².